The highest BCUT2D eigenvalue weighted by Gasteiger charge is 2.42. The molecule has 178 valence electrons. The Morgan fingerprint density at radius 3 is 2.55 bits per heavy atom. The Bertz CT molecular complexity index is 1030. The second-order valence-electron chi connectivity index (χ2n) is 8.80. The lowest BCUT2D eigenvalue weighted by atomic mass is 9.94. The number of imide groups is 1. The van der Waals surface area contributed by atoms with Crippen LogP contribution in [0.5, 0.6) is 0 Å². The van der Waals surface area contributed by atoms with Crippen LogP contribution >= 0.6 is 0 Å². The summed E-state index contributed by atoms with van der Waals surface area (Å²) in [6.07, 6.45) is 0.543. The number of rotatable bonds is 3. The minimum absolute atomic E-state index is 0.0335. The van der Waals surface area contributed by atoms with Crippen LogP contribution in [0, 0.1) is 5.41 Å². The van der Waals surface area contributed by atoms with Crippen molar-refractivity contribution in [3.8, 4) is 0 Å². The van der Waals surface area contributed by atoms with E-state index in [1.165, 1.54) is 24.3 Å². The van der Waals surface area contributed by atoms with Gasteiger partial charge in [-0.1, -0.05) is 12.1 Å². The number of anilines is 1. The SMILES string of the molecule is CNc1cc(C2=CCN(C(=O)OC(C)(C)C)CC2(F)F)ccc1C(=N)N1CCC(=O)NC1=O. The maximum atomic E-state index is 15.0. The van der Waals surface area contributed by atoms with Crippen molar-refractivity contribution in [3.05, 3.63) is 35.4 Å². The first-order valence-electron chi connectivity index (χ1n) is 10.4. The number of ether oxygens (including phenoxy) is 1. The molecule has 1 saturated heterocycles. The van der Waals surface area contributed by atoms with E-state index < -0.39 is 36.1 Å². The minimum Gasteiger partial charge on any atom is -0.444 e. The van der Waals surface area contributed by atoms with Gasteiger partial charge in [0, 0.05) is 43.4 Å². The van der Waals surface area contributed by atoms with Gasteiger partial charge in [0.1, 0.15) is 11.4 Å². The van der Waals surface area contributed by atoms with Crippen molar-refractivity contribution in [1.29, 1.82) is 5.41 Å². The quantitative estimate of drug-likeness (QED) is 0.470. The van der Waals surface area contributed by atoms with Gasteiger partial charge in [0.2, 0.25) is 5.91 Å². The molecule has 2 aliphatic rings. The number of hydrogen-bond acceptors (Lipinski definition) is 6. The summed E-state index contributed by atoms with van der Waals surface area (Å²) in [6.45, 7) is 4.20. The van der Waals surface area contributed by atoms with E-state index in [0.717, 1.165) is 9.80 Å². The minimum atomic E-state index is -3.32. The van der Waals surface area contributed by atoms with E-state index in [0.29, 0.717) is 11.3 Å². The molecular formula is C22H27F2N5O4. The first-order valence-corrected chi connectivity index (χ1v) is 10.4. The molecule has 4 amide bonds. The molecule has 9 nitrogen and oxygen atoms in total. The van der Waals surface area contributed by atoms with Crippen molar-refractivity contribution < 1.29 is 27.9 Å². The third kappa shape index (κ3) is 5.29. The summed E-state index contributed by atoms with van der Waals surface area (Å²) >= 11 is 0. The fourth-order valence-electron chi connectivity index (χ4n) is 3.58. The summed E-state index contributed by atoms with van der Waals surface area (Å²) in [4.78, 5) is 37.7. The van der Waals surface area contributed by atoms with Crippen LogP contribution in [-0.4, -0.2) is 71.9 Å². The predicted molar refractivity (Wildman–Crippen MR) is 118 cm³/mol. The van der Waals surface area contributed by atoms with E-state index >= 15 is 0 Å². The zero-order valence-corrected chi connectivity index (χ0v) is 18.9. The largest absolute Gasteiger partial charge is 0.444 e. The number of hydrogen-bond donors (Lipinski definition) is 3. The summed E-state index contributed by atoms with van der Waals surface area (Å²) in [5.74, 6) is -3.89. The van der Waals surface area contributed by atoms with Crippen LogP contribution in [0.15, 0.2) is 24.3 Å². The van der Waals surface area contributed by atoms with Crippen molar-refractivity contribution in [1.82, 2.24) is 15.1 Å². The van der Waals surface area contributed by atoms with Crippen molar-refractivity contribution in [2.75, 3.05) is 32.0 Å². The van der Waals surface area contributed by atoms with Gasteiger partial charge in [-0.25, -0.2) is 9.59 Å². The van der Waals surface area contributed by atoms with Crippen molar-refractivity contribution in [3.63, 3.8) is 0 Å². The van der Waals surface area contributed by atoms with Crippen molar-refractivity contribution in [2.45, 2.75) is 38.7 Å². The topological polar surface area (TPSA) is 115 Å². The van der Waals surface area contributed by atoms with Gasteiger partial charge in [0.15, 0.2) is 0 Å². The number of halogens is 2. The lowest BCUT2D eigenvalue weighted by molar-refractivity contribution is -0.121. The molecule has 0 bridgehead atoms. The lowest BCUT2D eigenvalue weighted by Gasteiger charge is -2.34. The Balaban J connectivity index is 1.85. The summed E-state index contributed by atoms with van der Waals surface area (Å²) in [5, 5.41) is 13.4. The molecule has 0 radical (unpaired) electrons. The summed E-state index contributed by atoms with van der Waals surface area (Å²) < 4.78 is 35.2. The standard InChI is InChI=1S/C22H27F2N5O4/c1-21(2,3)33-20(32)28-9-7-15(22(23,24)12-28)13-5-6-14(16(11-13)26-4)18(25)29-10-8-17(30)27-19(29)31/h5-7,11,25-26H,8-10,12H2,1-4H3,(H,27,30,31). The second kappa shape index (κ2) is 8.80. The molecule has 3 rings (SSSR count). The molecule has 33 heavy (non-hydrogen) atoms. The summed E-state index contributed by atoms with van der Waals surface area (Å²) in [6, 6.07) is 3.69. The van der Waals surface area contributed by atoms with Gasteiger partial charge >= 0.3 is 12.1 Å². The number of nitrogens with zero attached hydrogens (tertiary/aromatic N) is 2. The van der Waals surface area contributed by atoms with Gasteiger partial charge in [0.05, 0.1) is 6.54 Å². The van der Waals surface area contributed by atoms with Crippen molar-refractivity contribution in [2.24, 2.45) is 0 Å². The number of amides is 4. The highest BCUT2D eigenvalue weighted by molar-refractivity contribution is 6.12. The molecule has 3 N–H and O–H groups in total. The first-order chi connectivity index (χ1) is 15.3. The van der Waals surface area contributed by atoms with Gasteiger partial charge in [-0.05, 0) is 38.5 Å². The van der Waals surface area contributed by atoms with Crippen LogP contribution in [-0.2, 0) is 9.53 Å². The number of carbonyl (C=O) groups is 3. The van der Waals surface area contributed by atoms with Gasteiger partial charge in [0.25, 0.3) is 5.92 Å². The highest BCUT2D eigenvalue weighted by atomic mass is 19.3. The smallest absolute Gasteiger partial charge is 0.410 e. The number of amidine groups is 1. The first kappa shape index (κ1) is 24.1. The van der Waals surface area contributed by atoms with E-state index in [1.807, 2.05) is 0 Å². The van der Waals surface area contributed by atoms with E-state index in [9.17, 15) is 23.2 Å². The van der Waals surface area contributed by atoms with Crippen LogP contribution in [0.3, 0.4) is 0 Å². The molecule has 1 aromatic carbocycles. The monoisotopic (exact) mass is 463 g/mol. The normalized spacial score (nSPS) is 18.4. The summed E-state index contributed by atoms with van der Waals surface area (Å²) in [5.41, 5.74) is -0.118. The number of alkyl halides is 2. The molecule has 0 aromatic heterocycles. The Hall–Kier alpha value is -3.50. The zero-order valence-electron chi connectivity index (χ0n) is 18.9. The number of carbonyl (C=O) groups excluding carboxylic acids is 3. The van der Waals surface area contributed by atoms with Gasteiger partial charge in [-0.15, -0.1) is 0 Å². The molecule has 0 saturated carbocycles. The Labute approximate surface area is 190 Å². The molecule has 2 heterocycles. The average molecular weight is 463 g/mol. The van der Waals surface area contributed by atoms with Crippen LogP contribution in [0.2, 0.25) is 0 Å². The van der Waals surface area contributed by atoms with Crippen LogP contribution in [0.25, 0.3) is 5.57 Å². The molecule has 2 aliphatic heterocycles. The van der Waals surface area contributed by atoms with Gasteiger partial charge in [-0.3, -0.25) is 25.3 Å². The molecule has 0 spiro atoms. The van der Waals surface area contributed by atoms with E-state index in [1.54, 1.807) is 27.8 Å². The Kier molecular flexibility index (Phi) is 6.44. The van der Waals surface area contributed by atoms with E-state index in [2.05, 4.69) is 10.6 Å². The molecule has 1 aromatic rings. The molecule has 0 aliphatic carbocycles. The summed E-state index contributed by atoms with van der Waals surface area (Å²) in [7, 11) is 1.58. The van der Waals surface area contributed by atoms with Gasteiger partial charge in [-0.2, -0.15) is 8.78 Å². The third-order valence-corrected chi connectivity index (χ3v) is 5.13. The van der Waals surface area contributed by atoms with Crippen molar-refractivity contribution >= 4 is 35.1 Å². The van der Waals surface area contributed by atoms with Gasteiger partial charge < -0.3 is 10.1 Å². The molecule has 0 unspecified atom stereocenters. The molecule has 11 heteroatoms. The number of benzene rings is 1. The molecule has 0 atom stereocenters. The predicted octanol–water partition coefficient (Wildman–Crippen LogP) is 3.26. The maximum absolute atomic E-state index is 15.0. The highest BCUT2D eigenvalue weighted by Crippen LogP contribution is 2.38. The fourth-order valence-corrected chi connectivity index (χ4v) is 3.58. The molecular weight excluding hydrogens is 436 g/mol. The fraction of sp³-hybridized carbons (Fsp3) is 0.455. The Morgan fingerprint density at radius 2 is 1.97 bits per heavy atom. The number of urea groups is 1. The van der Waals surface area contributed by atoms with E-state index in [4.69, 9.17) is 10.1 Å². The second-order valence-corrected chi connectivity index (χ2v) is 8.80. The third-order valence-electron chi connectivity index (χ3n) is 5.13. The zero-order chi connectivity index (χ0) is 24.6. The van der Waals surface area contributed by atoms with E-state index in [-0.39, 0.29) is 36.5 Å². The molecule has 1 fully saturated rings. The number of nitrogens with one attached hydrogen (secondary N) is 3. The maximum Gasteiger partial charge on any atom is 0.410 e. The van der Waals surface area contributed by atoms with Crippen LogP contribution in [0.4, 0.5) is 24.1 Å². The lowest BCUT2D eigenvalue weighted by Crippen LogP contribution is -2.52. The van der Waals surface area contributed by atoms with Crippen LogP contribution in [0.1, 0.15) is 38.3 Å². The van der Waals surface area contributed by atoms with Crippen LogP contribution < -0.4 is 10.6 Å². The average Bonchev–Trinajstić information content (AvgIpc) is 2.71. The Morgan fingerprint density at radius 1 is 1.27 bits per heavy atom.